The molecule has 8 nitrogen and oxygen atoms in total. The summed E-state index contributed by atoms with van der Waals surface area (Å²) in [5.74, 6) is 0.719. The molecule has 0 aliphatic carbocycles. The first-order chi connectivity index (χ1) is 12.0. The minimum atomic E-state index is 0.000781. The van der Waals surface area contributed by atoms with E-state index in [0.29, 0.717) is 13.0 Å². The van der Waals surface area contributed by atoms with E-state index in [2.05, 4.69) is 25.8 Å². The quantitative estimate of drug-likeness (QED) is 0.727. The molecule has 0 unspecified atom stereocenters. The van der Waals surface area contributed by atoms with Crippen molar-refractivity contribution in [3.8, 4) is 5.69 Å². The van der Waals surface area contributed by atoms with Crippen LogP contribution in [-0.2, 0) is 17.8 Å². The molecule has 130 valence electrons. The van der Waals surface area contributed by atoms with Crippen molar-refractivity contribution in [1.29, 1.82) is 0 Å². The van der Waals surface area contributed by atoms with Crippen molar-refractivity contribution in [1.82, 2.24) is 35.1 Å². The predicted octanol–water partition coefficient (Wildman–Crippen LogP) is 1.14. The zero-order chi connectivity index (χ0) is 17.8. The molecule has 0 aliphatic rings. The number of carbonyl (C=O) groups excluding carboxylic acids is 1. The fraction of sp³-hybridized carbons (Fsp3) is 0.353. The Hall–Kier alpha value is -3.03. The maximum absolute atomic E-state index is 12.1. The summed E-state index contributed by atoms with van der Waals surface area (Å²) in [5.41, 5.74) is 3.96. The fourth-order valence-electron chi connectivity index (χ4n) is 2.56. The molecular weight excluding hydrogens is 318 g/mol. The highest BCUT2D eigenvalue weighted by atomic mass is 16.1. The molecule has 1 aromatic carbocycles. The van der Waals surface area contributed by atoms with Crippen LogP contribution in [0.2, 0.25) is 0 Å². The topological polar surface area (TPSA) is 90.5 Å². The highest BCUT2D eigenvalue weighted by Gasteiger charge is 2.07. The molecule has 1 N–H and O–H groups in total. The molecule has 0 atom stereocenters. The monoisotopic (exact) mass is 339 g/mol. The van der Waals surface area contributed by atoms with Gasteiger partial charge in [-0.2, -0.15) is 4.68 Å². The van der Waals surface area contributed by atoms with Gasteiger partial charge in [0.25, 0.3) is 0 Å². The second-order valence-electron chi connectivity index (χ2n) is 5.94. The predicted molar refractivity (Wildman–Crippen MR) is 92.3 cm³/mol. The minimum absolute atomic E-state index is 0.000781. The van der Waals surface area contributed by atoms with Crippen LogP contribution in [0.3, 0.4) is 0 Å². The number of amides is 1. The van der Waals surface area contributed by atoms with Gasteiger partial charge < -0.3 is 9.88 Å². The Morgan fingerprint density at radius 1 is 1.16 bits per heavy atom. The molecule has 8 heteroatoms. The number of carbonyl (C=O) groups is 1. The summed E-state index contributed by atoms with van der Waals surface area (Å²) in [4.78, 5) is 16.3. The normalized spacial score (nSPS) is 10.8. The van der Waals surface area contributed by atoms with Gasteiger partial charge in [0.2, 0.25) is 5.91 Å². The SMILES string of the molecule is Cc1ncn(CCNC(=O)Cc2ccc(-n3nnnc3C)cc2)c1C. The third-order valence-electron chi connectivity index (χ3n) is 4.19. The van der Waals surface area contributed by atoms with Gasteiger partial charge >= 0.3 is 0 Å². The molecule has 0 saturated carbocycles. The molecule has 0 saturated heterocycles. The summed E-state index contributed by atoms with van der Waals surface area (Å²) in [6, 6.07) is 7.64. The van der Waals surface area contributed by atoms with Gasteiger partial charge in [-0.15, -0.1) is 5.10 Å². The van der Waals surface area contributed by atoms with E-state index < -0.39 is 0 Å². The number of hydrogen-bond donors (Lipinski definition) is 1. The number of aromatic nitrogens is 6. The van der Waals surface area contributed by atoms with Crippen molar-refractivity contribution in [3.05, 3.63) is 53.4 Å². The average molecular weight is 339 g/mol. The van der Waals surface area contributed by atoms with E-state index in [9.17, 15) is 4.79 Å². The zero-order valence-electron chi connectivity index (χ0n) is 14.6. The molecule has 2 heterocycles. The van der Waals surface area contributed by atoms with Crippen molar-refractivity contribution in [2.24, 2.45) is 0 Å². The molecule has 0 radical (unpaired) electrons. The third kappa shape index (κ3) is 3.90. The van der Waals surface area contributed by atoms with Crippen LogP contribution in [-0.4, -0.2) is 42.2 Å². The molecule has 0 aliphatic heterocycles. The number of nitrogens with one attached hydrogen (secondary N) is 1. The minimum Gasteiger partial charge on any atom is -0.354 e. The van der Waals surface area contributed by atoms with Crippen LogP contribution in [0.4, 0.5) is 0 Å². The summed E-state index contributed by atoms with van der Waals surface area (Å²) in [5, 5.41) is 14.4. The second kappa shape index (κ2) is 7.25. The summed E-state index contributed by atoms with van der Waals surface area (Å²) < 4.78 is 3.69. The Morgan fingerprint density at radius 3 is 2.52 bits per heavy atom. The Labute approximate surface area is 145 Å². The molecule has 0 spiro atoms. The Morgan fingerprint density at radius 2 is 1.92 bits per heavy atom. The first kappa shape index (κ1) is 16.8. The van der Waals surface area contributed by atoms with Crippen LogP contribution in [0.5, 0.6) is 0 Å². The van der Waals surface area contributed by atoms with Gasteiger partial charge in [-0.1, -0.05) is 12.1 Å². The molecule has 3 rings (SSSR count). The van der Waals surface area contributed by atoms with Crippen LogP contribution in [0.25, 0.3) is 5.69 Å². The van der Waals surface area contributed by atoms with E-state index in [1.54, 1.807) is 11.0 Å². The number of aryl methyl sites for hydroxylation is 2. The lowest BCUT2D eigenvalue weighted by molar-refractivity contribution is -0.120. The number of imidazole rings is 1. The Balaban J connectivity index is 1.51. The lowest BCUT2D eigenvalue weighted by Crippen LogP contribution is -2.28. The highest BCUT2D eigenvalue weighted by Crippen LogP contribution is 2.10. The standard InChI is InChI=1S/C17H21N7O/c1-12-13(2)23(11-19-12)9-8-18-17(25)10-15-4-6-16(7-5-15)24-14(3)20-21-22-24/h4-7,11H,8-10H2,1-3H3,(H,18,25). The van der Waals surface area contributed by atoms with E-state index in [4.69, 9.17) is 0 Å². The summed E-state index contributed by atoms with van der Waals surface area (Å²) >= 11 is 0. The van der Waals surface area contributed by atoms with Crippen molar-refractivity contribution in [2.75, 3.05) is 6.54 Å². The van der Waals surface area contributed by atoms with E-state index >= 15 is 0 Å². The molecule has 0 fully saturated rings. The van der Waals surface area contributed by atoms with Crippen LogP contribution < -0.4 is 5.32 Å². The molecule has 25 heavy (non-hydrogen) atoms. The largest absolute Gasteiger partial charge is 0.354 e. The van der Waals surface area contributed by atoms with Gasteiger partial charge in [-0.3, -0.25) is 4.79 Å². The zero-order valence-corrected chi connectivity index (χ0v) is 14.6. The summed E-state index contributed by atoms with van der Waals surface area (Å²) in [6.45, 7) is 7.14. The fourth-order valence-corrected chi connectivity index (χ4v) is 2.56. The Kier molecular flexibility index (Phi) is 4.87. The number of tetrazole rings is 1. The first-order valence-corrected chi connectivity index (χ1v) is 8.14. The molecule has 2 aromatic heterocycles. The van der Waals surface area contributed by atoms with E-state index in [0.717, 1.165) is 35.0 Å². The average Bonchev–Trinajstić information content (AvgIpc) is 3.16. The lowest BCUT2D eigenvalue weighted by atomic mass is 10.1. The molecule has 1 amide bonds. The first-order valence-electron chi connectivity index (χ1n) is 8.14. The van der Waals surface area contributed by atoms with E-state index in [1.807, 2.05) is 49.6 Å². The van der Waals surface area contributed by atoms with Gasteiger partial charge in [-0.05, 0) is 48.9 Å². The number of benzene rings is 1. The summed E-state index contributed by atoms with van der Waals surface area (Å²) in [7, 11) is 0. The van der Waals surface area contributed by atoms with Crippen molar-refractivity contribution >= 4 is 5.91 Å². The van der Waals surface area contributed by atoms with Gasteiger partial charge in [0.05, 0.1) is 24.1 Å². The molecular formula is C17H21N7O. The van der Waals surface area contributed by atoms with Crippen molar-refractivity contribution in [3.63, 3.8) is 0 Å². The van der Waals surface area contributed by atoms with Crippen LogP contribution in [0, 0.1) is 20.8 Å². The highest BCUT2D eigenvalue weighted by molar-refractivity contribution is 5.78. The van der Waals surface area contributed by atoms with E-state index in [-0.39, 0.29) is 5.91 Å². The molecule has 0 bridgehead atoms. The smallest absolute Gasteiger partial charge is 0.224 e. The lowest BCUT2D eigenvalue weighted by Gasteiger charge is -2.08. The molecule has 3 aromatic rings. The second-order valence-corrected chi connectivity index (χ2v) is 5.94. The van der Waals surface area contributed by atoms with Gasteiger partial charge in [0, 0.05) is 18.8 Å². The van der Waals surface area contributed by atoms with Crippen molar-refractivity contribution in [2.45, 2.75) is 33.7 Å². The maximum atomic E-state index is 12.1. The van der Waals surface area contributed by atoms with Crippen LogP contribution in [0.1, 0.15) is 22.8 Å². The van der Waals surface area contributed by atoms with Gasteiger partial charge in [-0.25, -0.2) is 4.98 Å². The van der Waals surface area contributed by atoms with Gasteiger partial charge in [0.1, 0.15) is 0 Å². The third-order valence-corrected chi connectivity index (χ3v) is 4.19. The summed E-state index contributed by atoms with van der Waals surface area (Å²) in [6.07, 6.45) is 2.15. The van der Waals surface area contributed by atoms with Crippen LogP contribution in [0.15, 0.2) is 30.6 Å². The number of nitrogens with zero attached hydrogens (tertiary/aromatic N) is 6. The van der Waals surface area contributed by atoms with Crippen LogP contribution >= 0.6 is 0 Å². The van der Waals surface area contributed by atoms with Crippen molar-refractivity contribution < 1.29 is 4.79 Å². The Bertz CT molecular complexity index is 864. The number of hydrogen-bond acceptors (Lipinski definition) is 5. The van der Waals surface area contributed by atoms with E-state index in [1.165, 1.54) is 0 Å². The maximum Gasteiger partial charge on any atom is 0.224 e. The van der Waals surface area contributed by atoms with Gasteiger partial charge in [0.15, 0.2) is 5.82 Å². The number of rotatable bonds is 6.